The molecule has 0 fully saturated rings. The Morgan fingerprint density at radius 2 is 0.685 bits per heavy atom. The highest BCUT2D eigenvalue weighted by molar-refractivity contribution is 5.96. The molecule has 0 amide bonds. The largest absolute Gasteiger partial charge is 0.461 e. The highest BCUT2D eigenvalue weighted by Crippen LogP contribution is 2.25. The van der Waals surface area contributed by atoms with Crippen LogP contribution in [0.5, 0.6) is 0 Å². The fourth-order valence-corrected chi connectivity index (χ4v) is 7.65. The van der Waals surface area contributed by atoms with Crippen LogP contribution in [0, 0.1) is 29.6 Å². The van der Waals surface area contributed by atoms with Crippen LogP contribution in [0.15, 0.2) is 91.0 Å². The van der Waals surface area contributed by atoms with Gasteiger partial charge in [-0.3, -0.25) is 33.6 Å². The summed E-state index contributed by atoms with van der Waals surface area (Å²) in [6.07, 6.45) is -17.4. The summed E-state index contributed by atoms with van der Waals surface area (Å²) >= 11 is 0. The van der Waals surface area contributed by atoms with Gasteiger partial charge in [-0.1, -0.05) is 179 Å². The van der Waals surface area contributed by atoms with Crippen molar-refractivity contribution in [3.05, 3.63) is 108 Å². The van der Waals surface area contributed by atoms with Gasteiger partial charge in [0.1, 0.15) is 50.0 Å². The summed E-state index contributed by atoms with van der Waals surface area (Å²) < 4.78 is 55.8. The fraction of sp³-hybridized carbons (Fsp3) is 0.540. The van der Waals surface area contributed by atoms with Gasteiger partial charge in [0.05, 0.1) is 12.8 Å². The summed E-state index contributed by atoms with van der Waals surface area (Å²) in [5.41, 5.74) is 32.5. The molecular formula is C63H87N5O21. The van der Waals surface area contributed by atoms with Crippen molar-refractivity contribution in [2.24, 2.45) is 58.3 Å². The van der Waals surface area contributed by atoms with Crippen LogP contribution in [0.3, 0.4) is 0 Å². The highest BCUT2D eigenvalue weighted by atomic mass is 16.7. The molecule has 26 nitrogen and oxygen atoms in total. The van der Waals surface area contributed by atoms with Crippen LogP contribution in [0.2, 0.25) is 0 Å². The van der Waals surface area contributed by atoms with Gasteiger partial charge in [0, 0.05) is 0 Å². The van der Waals surface area contributed by atoms with E-state index in [2.05, 4.69) is 0 Å². The maximum Gasteiger partial charge on any atom is 0.359 e. The molecule has 0 aliphatic carbocycles. The number of hydrogen-bond acceptors (Lipinski definition) is 26. The van der Waals surface area contributed by atoms with Gasteiger partial charge in [-0.25, -0.2) is 19.2 Å². The Morgan fingerprint density at radius 3 is 1.10 bits per heavy atom. The molecule has 0 aliphatic heterocycles. The van der Waals surface area contributed by atoms with E-state index in [9.17, 15) is 38.4 Å². The fourth-order valence-electron chi connectivity index (χ4n) is 7.65. The molecule has 0 saturated heterocycles. The zero-order valence-electron chi connectivity index (χ0n) is 52.0. The van der Waals surface area contributed by atoms with Gasteiger partial charge < -0.3 is 76.0 Å². The van der Waals surface area contributed by atoms with E-state index < -0.39 is 182 Å². The maximum atomic E-state index is 15.4. The van der Waals surface area contributed by atoms with Crippen LogP contribution in [0.1, 0.15) is 118 Å². The number of esters is 11. The smallest absolute Gasteiger partial charge is 0.359 e. The molecule has 6 unspecified atom stereocenters. The van der Waals surface area contributed by atoms with Crippen molar-refractivity contribution < 1.29 is 100 Å². The summed E-state index contributed by atoms with van der Waals surface area (Å²) in [5.74, 6) is -20.1. The van der Waals surface area contributed by atoms with E-state index in [1.54, 1.807) is 120 Å². The Balaban J connectivity index is 2.43. The first-order chi connectivity index (χ1) is 42.0. The van der Waals surface area contributed by atoms with Crippen LogP contribution in [-0.4, -0.2) is 132 Å². The highest BCUT2D eigenvalue weighted by Gasteiger charge is 2.52. The number of ether oxygens (including phenoxy) is 10. The molecule has 3 aromatic rings. The number of carbonyl (C=O) groups excluding carboxylic acids is 11. The molecule has 0 bridgehead atoms. The van der Waals surface area contributed by atoms with E-state index >= 15 is 14.4 Å². The van der Waals surface area contributed by atoms with Gasteiger partial charge in [-0.05, 0) is 46.3 Å². The Kier molecular flexibility index (Phi) is 31.7. The standard InChI is InChI=1S/C63H87N5O21/c1-11-36(8)48(66)58(74)83-42(29-44(69)80-31-39-23-17-14-18-24-39)51(85-60(76)50(68)38(10)13-3)62(78)88-53(61(77)82-33-41-27-21-16-22-28-41)52(86-56(72)46(64)34(4)5)54(87-57(73)47(65)35(6)7)63(79)89-55(71)43(84-59(75)49(67)37(9)12-2)30-45(70)81-32-40-25-19-15-20-26-40/h14-28,34-38,42-43,46-54H,11-13,29-33,64-68H2,1-10H3/t36-,37-,38-,42?,43?,46-,47-,48-,49-,50-,51?,52?,53?,54?/m0/s1. The Labute approximate surface area is 518 Å². The number of carbonyl (C=O) groups is 11. The van der Waals surface area contributed by atoms with Crippen LogP contribution >= 0.6 is 0 Å². The molecule has 0 radical (unpaired) electrons. The van der Waals surface area contributed by atoms with Gasteiger partial charge in [-0.15, -0.1) is 0 Å². The molecule has 0 aromatic heterocycles. The molecular weight excluding hydrogens is 1160 g/mol. The second-order valence-electron chi connectivity index (χ2n) is 22.2. The lowest BCUT2D eigenvalue weighted by atomic mass is 9.99. The van der Waals surface area contributed by atoms with Crippen molar-refractivity contribution in [1.82, 2.24) is 0 Å². The molecule has 0 aliphatic rings. The molecule has 26 heteroatoms. The quantitative estimate of drug-likeness (QED) is 0.0315. The summed E-state index contributed by atoms with van der Waals surface area (Å²) in [4.78, 5) is 157. The van der Waals surface area contributed by atoms with E-state index in [1.165, 1.54) is 39.8 Å². The Hall–Kier alpha value is -8.17. The molecule has 14 atom stereocenters. The van der Waals surface area contributed by atoms with Gasteiger partial charge in [-0.2, -0.15) is 0 Å². The predicted molar refractivity (Wildman–Crippen MR) is 316 cm³/mol. The minimum Gasteiger partial charge on any atom is -0.461 e. The number of hydrogen-bond donors (Lipinski definition) is 5. The normalized spacial score (nSPS) is 16.0. The van der Waals surface area contributed by atoms with Crippen LogP contribution < -0.4 is 28.7 Å². The third kappa shape index (κ3) is 24.4. The van der Waals surface area contributed by atoms with Crippen molar-refractivity contribution in [3.63, 3.8) is 0 Å². The number of benzene rings is 3. The Morgan fingerprint density at radius 1 is 0.348 bits per heavy atom. The predicted octanol–water partition coefficient (Wildman–Crippen LogP) is 3.62. The number of nitrogens with two attached hydrogens (primary N) is 5. The van der Waals surface area contributed by atoms with E-state index in [0.29, 0.717) is 24.0 Å². The lowest BCUT2D eigenvalue weighted by molar-refractivity contribution is -0.211. The second kappa shape index (κ2) is 37.6. The van der Waals surface area contributed by atoms with Gasteiger partial charge in [0.25, 0.3) is 0 Å². The van der Waals surface area contributed by atoms with E-state index in [1.807, 2.05) is 0 Å². The molecule has 490 valence electrons. The third-order valence-corrected chi connectivity index (χ3v) is 14.6. The van der Waals surface area contributed by atoms with E-state index in [4.69, 9.17) is 76.0 Å². The first-order valence-corrected chi connectivity index (χ1v) is 29.4. The van der Waals surface area contributed by atoms with Crippen molar-refractivity contribution in [2.75, 3.05) is 0 Å². The van der Waals surface area contributed by atoms with Crippen LogP contribution in [0.25, 0.3) is 0 Å². The molecule has 89 heavy (non-hydrogen) atoms. The van der Waals surface area contributed by atoms with Gasteiger partial charge >= 0.3 is 65.7 Å². The molecule has 0 spiro atoms. The summed E-state index contributed by atoms with van der Waals surface area (Å²) in [5, 5.41) is 0. The van der Waals surface area contributed by atoms with Crippen LogP contribution in [0.4, 0.5) is 0 Å². The van der Waals surface area contributed by atoms with Crippen LogP contribution in [-0.2, 0) is 120 Å². The molecule has 0 heterocycles. The summed E-state index contributed by atoms with van der Waals surface area (Å²) in [6, 6.07) is 16.6. The SMILES string of the molecule is CC[C@H](C)[C@H](N)C(=O)OC(CC(=O)OCc1ccccc1)C(=O)OC(=O)C(OC(=O)[C@@H](N)C(C)C)C(OC(=O)[C@@H](N)C(C)C)C(OC(=O)C(OC(=O)[C@@H](N)[C@@H](C)CC)C(CC(=O)OCc1ccccc1)OC(=O)[C@@H](N)[C@@H](C)CC)C(=O)OCc1ccccc1. The topological polar surface area (TPSA) is 410 Å². The average molecular weight is 1250 g/mol. The first-order valence-electron chi connectivity index (χ1n) is 29.4. The second-order valence-corrected chi connectivity index (χ2v) is 22.2. The molecule has 0 saturated carbocycles. The maximum absolute atomic E-state index is 15.4. The van der Waals surface area contributed by atoms with Crippen molar-refractivity contribution in [3.8, 4) is 0 Å². The van der Waals surface area contributed by atoms with E-state index in [0.717, 1.165) is 0 Å². The third-order valence-electron chi connectivity index (χ3n) is 14.6. The van der Waals surface area contributed by atoms with Gasteiger partial charge in [0.2, 0.25) is 24.4 Å². The van der Waals surface area contributed by atoms with Crippen molar-refractivity contribution in [1.29, 1.82) is 0 Å². The lowest BCUT2D eigenvalue weighted by Gasteiger charge is -2.33. The summed E-state index contributed by atoms with van der Waals surface area (Å²) in [7, 11) is 0. The molecule has 3 rings (SSSR count). The molecule has 3 aromatic carbocycles. The zero-order valence-corrected chi connectivity index (χ0v) is 52.0. The monoisotopic (exact) mass is 1250 g/mol. The number of rotatable bonds is 36. The summed E-state index contributed by atoms with van der Waals surface area (Å²) in [6.45, 7) is 14.3. The van der Waals surface area contributed by atoms with Crippen molar-refractivity contribution >= 4 is 65.7 Å². The first kappa shape index (κ1) is 75.1. The minimum atomic E-state index is -2.99. The average Bonchev–Trinajstić information content (AvgIpc) is 1.89. The Bertz CT molecular complexity index is 2810. The van der Waals surface area contributed by atoms with Crippen molar-refractivity contribution in [2.45, 2.75) is 188 Å². The van der Waals surface area contributed by atoms with E-state index in [-0.39, 0.29) is 25.2 Å². The van der Waals surface area contributed by atoms with Gasteiger partial charge in [0.15, 0.2) is 12.2 Å². The zero-order chi connectivity index (χ0) is 66.7. The molecule has 10 N–H and O–H groups in total. The minimum absolute atomic E-state index is 0.270. The lowest BCUT2D eigenvalue weighted by Crippen LogP contribution is -2.57.